The topological polar surface area (TPSA) is 138 Å². The van der Waals surface area contributed by atoms with Crippen molar-refractivity contribution < 1.29 is 35.7 Å². The number of phenolic OH excluding ortho intramolecular Hbond substituents is 2. The van der Waals surface area contributed by atoms with Crippen LogP contribution in [-0.4, -0.2) is 36.9 Å². The number of aliphatic carboxylic acids is 1. The number of carbonyl (C=O) groups is 1. The summed E-state index contributed by atoms with van der Waals surface area (Å²) in [5.41, 5.74) is -2.08. The lowest BCUT2D eigenvalue weighted by molar-refractivity contribution is -0.176. The number of carboxylic acids is 1. The fourth-order valence-electron chi connectivity index (χ4n) is 0.950. The third kappa shape index (κ3) is 2.83. The van der Waals surface area contributed by atoms with Gasteiger partial charge in [-0.2, -0.15) is 0 Å². The van der Waals surface area contributed by atoms with Crippen molar-refractivity contribution in [3.63, 3.8) is 0 Å². The number of aromatic hydroxyl groups is 2. The second-order valence-electron chi connectivity index (χ2n) is 3.08. The summed E-state index contributed by atoms with van der Waals surface area (Å²) < 4.78 is 0. The third-order valence-electron chi connectivity index (χ3n) is 1.95. The van der Waals surface area contributed by atoms with Gasteiger partial charge in [0, 0.05) is 0 Å². The molecule has 0 aromatic heterocycles. The Hall–Kier alpha value is -1.83. The average molecular weight is 232 g/mol. The summed E-state index contributed by atoms with van der Waals surface area (Å²) >= 11 is 0. The highest BCUT2D eigenvalue weighted by molar-refractivity contribution is 5.78. The predicted molar refractivity (Wildman–Crippen MR) is 52.2 cm³/mol. The van der Waals surface area contributed by atoms with Gasteiger partial charge in [0.05, 0.1) is 0 Å². The van der Waals surface area contributed by atoms with Crippen molar-refractivity contribution in [2.75, 3.05) is 0 Å². The van der Waals surface area contributed by atoms with Gasteiger partial charge < -0.3 is 20.4 Å². The Kier molecular flexibility index (Phi) is 4.70. The van der Waals surface area contributed by atoms with Crippen LogP contribution in [0.3, 0.4) is 0 Å². The van der Waals surface area contributed by atoms with Crippen LogP contribution >= 0.6 is 0 Å². The molecule has 0 amide bonds. The van der Waals surface area contributed by atoms with Crippen LogP contribution in [0.2, 0.25) is 0 Å². The summed E-state index contributed by atoms with van der Waals surface area (Å²) in [6, 6.07) is 3.34. The summed E-state index contributed by atoms with van der Waals surface area (Å²) in [7, 11) is 0. The molecule has 0 saturated heterocycles. The largest absolute Gasteiger partial charge is 0.504 e. The van der Waals surface area contributed by atoms with E-state index in [4.69, 9.17) is 25.8 Å². The normalized spacial score (nSPS) is 13.2. The lowest BCUT2D eigenvalue weighted by atomic mass is 9.96. The van der Waals surface area contributed by atoms with Crippen LogP contribution in [0.1, 0.15) is 12.5 Å². The minimum Gasteiger partial charge on any atom is -0.504 e. The monoisotopic (exact) mass is 232 g/mol. The minimum absolute atomic E-state index is 0.000278. The molecule has 1 unspecified atom stereocenters. The zero-order chi connectivity index (χ0) is 12.9. The SMILES string of the molecule is CC(O)(C(=O)O)c1ccc(O)c(O)c1.OO. The number of carboxylic acid groups (broad SMARTS) is 1. The van der Waals surface area contributed by atoms with Crippen molar-refractivity contribution in [3.05, 3.63) is 23.8 Å². The van der Waals surface area contributed by atoms with E-state index in [-0.39, 0.29) is 11.3 Å². The number of phenols is 2. The Bertz CT molecular complexity index is 372. The standard InChI is InChI=1S/C9H10O5.H2O2/c1-9(14,8(12)13)5-2-3-6(10)7(11)4-5;1-2/h2-4,10-11,14H,1H3,(H,12,13);1-2H. The first-order chi connectivity index (χ1) is 7.35. The Morgan fingerprint density at radius 3 is 2.06 bits per heavy atom. The lowest BCUT2D eigenvalue weighted by Crippen LogP contribution is -2.31. The molecule has 1 atom stereocenters. The molecule has 0 aliphatic rings. The number of hydrogen-bond acceptors (Lipinski definition) is 6. The lowest BCUT2D eigenvalue weighted by Gasteiger charge is -2.18. The van der Waals surface area contributed by atoms with Crippen LogP contribution in [0.5, 0.6) is 11.5 Å². The van der Waals surface area contributed by atoms with Crippen LogP contribution in [0, 0.1) is 0 Å². The molecule has 16 heavy (non-hydrogen) atoms. The molecular formula is C9H12O7. The Balaban J connectivity index is 0.00000106. The highest BCUT2D eigenvalue weighted by Gasteiger charge is 2.32. The molecule has 0 bridgehead atoms. The summed E-state index contributed by atoms with van der Waals surface area (Å²) in [6.07, 6.45) is 0. The van der Waals surface area contributed by atoms with Gasteiger partial charge >= 0.3 is 5.97 Å². The molecule has 1 aromatic carbocycles. The van der Waals surface area contributed by atoms with Crippen LogP contribution in [0.25, 0.3) is 0 Å². The van der Waals surface area contributed by atoms with Crippen LogP contribution < -0.4 is 0 Å². The first-order valence-electron chi connectivity index (χ1n) is 4.04. The average Bonchev–Trinajstić information content (AvgIpc) is 2.24. The Morgan fingerprint density at radius 1 is 1.19 bits per heavy atom. The van der Waals surface area contributed by atoms with Gasteiger partial charge in [-0.15, -0.1) is 0 Å². The quantitative estimate of drug-likeness (QED) is 0.246. The van der Waals surface area contributed by atoms with Gasteiger partial charge in [0.2, 0.25) is 0 Å². The Morgan fingerprint density at radius 2 is 1.69 bits per heavy atom. The second kappa shape index (κ2) is 5.31. The number of hydrogen-bond donors (Lipinski definition) is 6. The maximum atomic E-state index is 10.6. The molecule has 7 nitrogen and oxygen atoms in total. The molecule has 1 rings (SSSR count). The van der Waals surface area contributed by atoms with Crippen molar-refractivity contribution in [2.45, 2.75) is 12.5 Å². The zero-order valence-corrected chi connectivity index (χ0v) is 8.32. The van der Waals surface area contributed by atoms with Crippen molar-refractivity contribution in [1.82, 2.24) is 0 Å². The smallest absolute Gasteiger partial charge is 0.340 e. The first-order valence-corrected chi connectivity index (χ1v) is 4.04. The number of benzene rings is 1. The van der Waals surface area contributed by atoms with Crippen molar-refractivity contribution in [2.24, 2.45) is 0 Å². The van der Waals surface area contributed by atoms with Gasteiger partial charge in [0.25, 0.3) is 0 Å². The number of aliphatic hydroxyl groups is 1. The van der Waals surface area contributed by atoms with Gasteiger partial charge in [-0.1, -0.05) is 6.07 Å². The summed E-state index contributed by atoms with van der Waals surface area (Å²) in [5, 5.41) is 48.2. The van der Waals surface area contributed by atoms with E-state index in [0.717, 1.165) is 19.1 Å². The third-order valence-corrected chi connectivity index (χ3v) is 1.95. The number of rotatable bonds is 2. The van der Waals surface area contributed by atoms with Gasteiger partial charge in [-0.3, -0.25) is 10.5 Å². The minimum atomic E-state index is -2.08. The fourth-order valence-corrected chi connectivity index (χ4v) is 0.950. The van der Waals surface area contributed by atoms with Gasteiger partial charge in [-0.25, -0.2) is 4.79 Å². The zero-order valence-electron chi connectivity index (χ0n) is 8.32. The molecule has 0 aliphatic carbocycles. The molecule has 6 N–H and O–H groups in total. The highest BCUT2D eigenvalue weighted by Crippen LogP contribution is 2.30. The molecule has 0 saturated carbocycles. The van der Waals surface area contributed by atoms with E-state index in [2.05, 4.69) is 0 Å². The van der Waals surface area contributed by atoms with Gasteiger partial charge in [0.15, 0.2) is 17.1 Å². The molecule has 1 aromatic rings. The van der Waals surface area contributed by atoms with E-state index in [1.165, 1.54) is 6.07 Å². The van der Waals surface area contributed by atoms with Crippen molar-refractivity contribution in [1.29, 1.82) is 0 Å². The van der Waals surface area contributed by atoms with Crippen molar-refractivity contribution in [3.8, 4) is 11.5 Å². The van der Waals surface area contributed by atoms with E-state index in [1.807, 2.05) is 0 Å². The molecule has 0 fully saturated rings. The van der Waals surface area contributed by atoms with Gasteiger partial charge in [-0.05, 0) is 24.6 Å². The molecule has 0 spiro atoms. The maximum Gasteiger partial charge on any atom is 0.340 e. The fraction of sp³-hybridized carbons (Fsp3) is 0.222. The Labute approximate surface area is 90.4 Å². The molecule has 7 heteroatoms. The molecule has 90 valence electrons. The molecule has 0 radical (unpaired) electrons. The molecule has 0 aliphatic heterocycles. The van der Waals surface area contributed by atoms with Crippen LogP contribution in [0.15, 0.2) is 18.2 Å². The van der Waals surface area contributed by atoms with E-state index in [0.29, 0.717) is 0 Å². The van der Waals surface area contributed by atoms with E-state index < -0.39 is 17.3 Å². The molecule has 0 heterocycles. The first kappa shape index (κ1) is 14.2. The van der Waals surface area contributed by atoms with E-state index in [1.54, 1.807) is 0 Å². The summed E-state index contributed by atoms with van der Waals surface area (Å²) in [4.78, 5) is 10.6. The second-order valence-corrected chi connectivity index (χ2v) is 3.08. The van der Waals surface area contributed by atoms with Crippen molar-refractivity contribution >= 4 is 5.97 Å². The highest BCUT2D eigenvalue weighted by atomic mass is 17.0. The van der Waals surface area contributed by atoms with Gasteiger partial charge in [0.1, 0.15) is 0 Å². The summed E-state index contributed by atoms with van der Waals surface area (Å²) in [6.45, 7) is 1.08. The maximum absolute atomic E-state index is 10.6. The summed E-state index contributed by atoms with van der Waals surface area (Å²) in [5.74, 6) is -2.26. The van der Waals surface area contributed by atoms with E-state index in [9.17, 15) is 9.90 Å². The predicted octanol–water partition coefficient (Wildman–Crippen LogP) is 0.407. The van der Waals surface area contributed by atoms with E-state index >= 15 is 0 Å². The van der Waals surface area contributed by atoms with Crippen LogP contribution in [-0.2, 0) is 10.4 Å². The van der Waals surface area contributed by atoms with Crippen LogP contribution in [0.4, 0.5) is 0 Å². The molecular weight excluding hydrogens is 220 g/mol.